The van der Waals surface area contributed by atoms with Crippen molar-refractivity contribution in [3.8, 4) is 21.9 Å². The van der Waals surface area contributed by atoms with Gasteiger partial charge in [-0.15, -0.1) is 11.3 Å². The first-order valence-corrected chi connectivity index (χ1v) is 8.16. The van der Waals surface area contributed by atoms with Gasteiger partial charge in [-0.25, -0.2) is 0 Å². The first-order valence-electron chi connectivity index (χ1n) is 6.90. The maximum atomic E-state index is 6.29. The molecule has 2 aromatic rings. The van der Waals surface area contributed by atoms with E-state index in [9.17, 15) is 0 Å². The van der Waals surface area contributed by atoms with Crippen molar-refractivity contribution in [3.63, 3.8) is 0 Å². The highest BCUT2D eigenvalue weighted by Gasteiger charge is 2.15. The van der Waals surface area contributed by atoms with Gasteiger partial charge in [0.05, 0.1) is 24.1 Å². The van der Waals surface area contributed by atoms with Gasteiger partial charge >= 0.3 is 0 Å². The summed E-state index contributed by atoms with van der Waals surface area (Å²) >= 11 is 7.93. The second-order valence-electron chi connectivity index (χ2n) is 4.64. The highest BCUT2D eigenvalue weighted by Crippen LogP contribution is 2.40. The fraction of sp³-hybridized carbons (Fsp3) is 0.375. The number of methoxy groups -OCH3 is 2. The zero-order chi connectivity index (χ0) is 15.2. The van der Waals surface area contributed by atoms with Crippen LogP contribution in [0.15, 0.2) is 23.6 Å². The minimum absolute atomic E-state index is 0.719. The van der Waals surface area contributed by atoms with Crippen LogP contribution in [0.5, 0.6) is 11.5 Å². The molecule has 0 saturated carbocycles. The molecule has 0 fully saturated rings. The van der Waals surface area contributed by atoms with Gasteiger partial charge in [0, 0.05) is 12.1 Å². The first kappa shape index (κ1) is 16.1. The molecule has 1 N–H and O–H groups in total. The monoisotopic (exact) mass is 325 g/mol. The largest absolute Gasteiger partial charge is 0.493 e. The summed E-state index contributed by atoms with van der Waals surface area (Å²) in [7, 11) is 3.30. The Morgan fingerprint density at radius 1 is 1.19 bits per heavy atom. The van der Waals surface area contributed by atoms with Crippen LogP contribution in [-0.2, 0) is 6.54 Å². The summed E-state index contributed by atoms with van der Waals surface area (Å²) in [5.74, 6) is 1.46. The van der Waals surface area contributed by atoms with E-state index in [0.717, 1.165) is 52.0 Å². The minimum atomic E-state index is 0.719. The van der Waals surface area contributed by atoms with Crippen molar-refractivity contribution >= 4 is 22.9 Å². The SMILES string of the molecule is CCCNCc1cc(OC)c(OC)cc1-c1sccc1Cl. The van der Waals surface area contributed by atoms with Crippen LogP contribution in [0.1, 0.15) is 18.9 Å². The van der Waals surface area contributed by atoms with Gasteiger partial charge in [0.25, 0.3) is 0 Å². The molecule has 2 rings (SSSR count). The number of halogens is 1. The maximum Gasteiger partial charge on any atom is 0.161 e. The Kier molecular flexibility index (Phi) is 5.91. The second kappa shape index (κ2) is 7.69. The predicted molar refractivity (Wildman–Crippen MR) is 89.9 cm³/mol. The molecule has 0 saturated heterocycles. The Morgan fingerprint density at radius 3 is 2.48 bits per heavy atom. The zero-order valence-electron chi connectivity index (χ0n) is 12.5. The van der Waals surface area contributed by atoms with Crippen LogP contribution in [0.2, 0.25) is 5.02 Å². The fourth-order valence-corrected chi connectivity index (χ4v) is 3.38. The molecule has 0 aliphatic carbocycles. The molecule has 1 aromatic heterocycles. The van der Waals surface area contributed by atoms with E-state index in [-0.39, 0.29) is 0 Å². The van der Waals surface area contributed by atoms with Gasteiger partial charge in [-0.05, 0) is 42.1 Å². The topological polar surface area (TPSA) is 30.5 Å². The van der Waals surface area contributed by atoms with Gasteiger partial charge in [-0.2, -0.15) is 0 Å². The number of hydrogen-bond donors (Lipinski definition) is 1. The molecule has 114 valence electrons. The summed E-state index contributed by atoms with van der Waals surface area (Å²) in [5, 5.41) is 6.19. The van der Waals surface area contributed by atoms with Crippen molar-refractivity contribution in [2.45, 2.75) is 19.9 Å². The average Bonchev–Trinajstić information content (AvgIpc) is 2.93. The molecule has 1 aromatic carbocycles. The molecule has 0 unspecified atom stereocenters. The predicted octanol–water partition coefficient (Wildman–Crippen LogP) is 4.59. The van der Waals surface area contributed by atoms with E-state index in [1.807, 2.05) is 23.6 Å². The van der Waals surface area contributed by atoms with Crippen molar-refractivity contribution in [2.24, 2.45) is 0 Å². The molecule has 21 heavy (non-hydrogen) atoms. The van der Waals surface area contributed by atoms with Crippen molar-refractivity contribution in [1.29, 1.82) is 0 Å². The van der Waals surface area contributed by atoms with E-state index < -0.39 is 0 Å². The van der Waals surface area contributed by atoms with Crippen molar-refractivity contribution in [3.05, 3.63) is 34.2 Å². The molecular weight excluding hydrogens is 306 g/mol. The van der Waals surface area contributed by atoms with Crippen LogP contribution in [0.3, 0.4) is 0 Å². The smallest absolute Gasteiger partial charge is 0.161 e. The van der Waals surface area contributed by atoms with Crippen LogP contribution in [0, 0.1) is 0 Å². The molecule has 0 amide bonds. The van der Waals surface area contributed by atoms with E-state index in [0.29, 0.717) is 0 Å². The zero-order valence-corrected chi connectivity index (χ0v) is 14.1. The molecule has 0 atom stereocenters. The molecule has 0 aliphatic rings. The molecule has 0 spiro atoms. The van der Waals surface area contributed by atoms with Crippen LogP contribution >= 0.6 is 22.9 Å². The van der Waals surface area contributed by atoms with Gasteiger partial charge in [0.1, 0.15) is 0 Å². The summed E-state index contributed by atoms with van der Waals surface area (Å²) < 4.78 is 10.8. The van der Waals surface area contributed by atoms with Gasteiger partial charge in [0.2, 0.25) is 0 Å². The fourth-order valence-electron chi connectivity index (χ4n) is 2.16. The summed E-state index contributed by atoms with van der Waals surface area (Å²) in [6.07, 6.45) is 1.10. The highest BCUT2D eigenvalue weighted by molar-refractivity contribution is 7.14. The highest BCUT2D eigenvalue weighted by atomic mass is 35.5. The molecule has 0 aliphatic heterocycles. The molecule has 5 heteroatoms. The van der Waals surface area contributed by atoms with Gasteiger partial charge in [-0.3, -0.25) is 0 Å². The average molecular weight is 326 g/mol. The lowest BCUT2D eigenvalue weighted by molar-refractivity contribution is 0.354. The Morgan fingerprint density at radius 2 is 1.90 bits per heavy atom. The van der Waals surface area contributed by atoms with Crippen molar-refractivity contribution in [1.82, 2.24) is 5.32 Å². The number of thiophene rings is 1. The Bertz CT molecular complexity index is 598. The second-order valence-corrected chi connectivity index (χ2v) is 5.96. The van der Waals surface area contributed by atoms with E-state index >= 15 is 0 Å². The summed E-state index contributed by atoms with van der Waals surface area (Å²) in [6, 6.07) is 5.94. The molecule has 1 heterocycles. The lowest BCUT2D eigenvalue weighted by Crippen LogP contribution is -2.14. The van der Waals surface area contributed by atoms with Crippen LogP contribution in [-0.4, -0.2) is 20.8 Å². The third-order valence-electron chi connectivity index (χ3n) is 3.21. The number of ether oxygens (including phenoxy) is 2. The molecule has 0 bridgehead atoms. The number of nitrogens with one attached hydrogen (secondary N) is 1. The van der Waals surface area contributed by atoms with Gasteiger partial charge in [0.15, 0.2) is 11.5 Å². The molecular formula is C16H20ClNO2S. The molecule has 0 radical (unpaired) electrons. The Balaban J connectivity index is 2.46. The quantitative estimate of drug-likeness (QED) is 0.755. The Hall–Kier alpha value is -1.23. The molecule has 3 nitrogen and oxygen atoms in total. The Labute approximate surface area is 134 Å². The van der Waals surface area contributed by atoms with E-state index in [2.05, 4.69) is 12.2 Å². The first-order chi connectivity index (χ1) is 10.2. The van der Waals surface area contributed by atoms with Gasteiger partial charge < -0.3 is 14.8 Å². The minimum Gasteiger partial charge on any atom is -0.493 e. The summed E-state index contributed by atoms with van der Waals surface area (Å²) in [5.41, 5.74) is 2.25. The van der Waals surface area contributed by atoms with E-state index in [4.69, 9.17) is 21.1 Å². The standard InChI is InChI=1S/C16H20ClNO2S/c1-4-6-18-10-11-8-14(19-2)15(20-3)9-12(11)16-13(17)5-7-21-16/h5,7-9,18H,4,6,10H2,1-3H3. The lowest BCUT2D eigenvalue weighted by atomic mass is 10.0. The van der Waals surface area contributed by atoms with Crippen LogP contribution in [0.4, 0.5) is 0 Å². The van der Waals surface area contributed by atoms with Crippen LogP contribution in [0.25, 0.3) is 10.4 Å². The number of rotatable bonds is 7. The summed E-state index contributed by atoms with van der Waals surface area (Å²) in [4.78, 5) is 1.06. The lowest BCUT2D eigenvalue weighted by Gasteiger charge is -2.15. The van der Waals surface area contributed by atoms with Gasteiger partial charge in [-0.1, -0.05) is 18.5 Å². The summed E-state index contributed by atoms with van der Waals surface area (Å²) in [6.45, 7) is 3.91. The third-order valence-corrected chi connectivity index (χ3v) is 4.59. The van der Waals surface area contributed by atoms with E-state index in [1.54, 1.807) is 25.6 Å². The third kappa shape index (κ3) is 3.70. The van der Waals surface area contributed by atoms with E-state index in [1.165, 1.54) is 0 Å². The van der Waals surface area contributed by atoms with Crippen molar-refractivity contribution in [2.75, 3.05) is 20.8 Å². The van der Waals surface area contributed by atoms with Crippen molar-refractivity contribution < 1.29 is 9.47 Å². The number of benzene rings is 1. The normalized spacial score (nSPS) is 10.7. The number of hydrogen-bond acceptors (Lipinski definition) is 4. The van der Waals surface area contributed by atoms with Crippen LogP contribution < -0.4 is 14.8 Å². The maximum absolute atomic E-state index is 6.29.